The van der Waals surface area contributed by atoms with Crippen molar-refractivity contribution >= 4 is 9.84 Å². The number of para-hydroxylation sites is 2. The molecule has 0 spiro atoms. The molecule has 0 saturated carbocycles. The summed E-state index contributed by atoms with van der Waals surface area (Å²) in [6.45, 7) is 0. The molecule has 0 unspecified atom stereocenters. The van der Waals surface area contributed by atoms with E-state index in [1.807, 2.05) is 24.3 Å². The van der Waals surface area contributed by atoms with Gasteiger partial charge in [-0.15, -0.1) is 0 Å². The molecular formula is C38H28O7S. The summed E-state index contributed by atoms with van der Waals surface area (Å²) in [5.41, 5.74) is 1.58. The van der Waals surface area contributed by atoms with Gasteiger partial charge in [0.05, 0.1) is 11.1 Å². The van der Waals surface area contributed by atoms with Crippen LogP contribution >= 0.6 is 0 Å². The number of terminal acetylenes is 1. The molecule has 0 heterocycles. The number of hydrogen-bond acceptors (Lipinski definition) is 7. The maximum atomic E-state index is 14.7. The van der Waals surface area contributed by atoms with Gasteiger partial charge in [0, 0.05) is 0 Å². The number of rotatable bonds is 8. The number of hydrogen-bond donors (Lipinski definition) is 3. The van der Waals surface area contributed by atoms with Crippen LogP contribution in [-0.4, -0.2) is 23.7 Å². The fraction of sp³-hybridized carbons (Fsp3) is 0. The number of benzene rings is 6. The number of aliphatic hydroxyl groups excluding tert-OH is 1. The number of aliphatic hydroxyl groups is 1. The summed E-state index contributed by atoms with van der Waals surface area (Å²) in [6, 6.07) is 40.7. The minimum atomic E-state index is -4.41. The molecule has 0 bridgehead atoms. The first-order valence-corrected chi connectivity index (χ1v) is 15.5. The van der Waals surface area contributed by atoms with Crippen LogP contribution in [0.1, 0.15) is 0 Å². The number of phenolic OH excluding ortho intramolecular Hbond substituents is 2. The molecule has 0 radical (unpaired) electrons. The van der Waals surface area contributed by atoms with Crippen molar-refractivity contribution in [1.29, 1.82) is 0 Å². The standard InChI is InChI=1S/C36H26O6S.C2H2O/c37-29-21-23-31(35(41-27-17-9-3-10-18-27)33(29)25-13-5-1-6-14-25)43(39,40)32-24-22-30(38)34(26-15-7-2-8-16-26)36(32)42-28-19-11-4-12-20-28;1-2-3/h1-24,37-38H;1,3H. The Hall–Kier alpha value is -6.17. The molecule has 0 aliphatic rings. The quantitative estimate of drug-likeness (QED) is 0.144. The highest BCUT2D eigenvalue weighted by atomic mass is 32.2. The van der Waals surface area contributed by atoms with Crippen molar-refractivity contribution < 1.29 is 33.2 Å². The molecule has 6 rings (SSSR count). The number of aromatic hydroxyl groups is 2. The molecule has 7 nitrogen and oxygen atoms in total. The molecular weight excluding hydrogens is 600 g/mol. The van der Waals surface area contributed by atoms with Gasteiger partial charge in [0.1, 0.15) is 38.9 Å². The lowest BCUT2D eigenvalue weighted by molar-refractivity contribution is 0.446. The lowest BCUT2D eigenvalue weighted by Gasteiger charge is -2.20. The highest BCUT2D eigenvalue weighted by molar-refractivity contribution is 7.91. The zero-order valence-corrected chi connectivity index (χ0v) is 25.1. The number of sulfone groups is 1. The Labute approximate surface area is 267 Å². The molecule has 6 aromatic carbocycles. The summed E-state index contributed by atoms with van der Waals surface area (Å²) < 4.78 is 41.9. The van der Waals surface area contributed by atoms with Gasteiger partial charge in [-0.05, 0) is 59.7 Å². The minimum absolute atomic E-state index is 0.0441. The lowest BCUT2D eigenvalue weighted by Crippen LogP contribution is -2.08. The van der Waals surface area contributed by atoms with Crippen molar-refractivity contribution in [1.82, 2.24) is 0 Å². The largest absolute Gasteiger partial charge is 0.507 e. The predicted molar refractivity (Wildman–Crippen MR) is 176 cm³/mol. The van der Waals surface area contributed by atoms with E-state index in [9.17, 15) is 18.6 Å². The Morgan fingerprint density at radius 2 is 0.804 bits per heavy atom. The third-order valence-electron chi connectivity index (χ3n) is 6.83. The molecule has 0 aliphatic carbocycles. The van der Waals surface area contributed by atoms with E-state index in [4.69, 9.17) is 14.6 Å². The normalized spacial score (nSPS) is 10.6. The van der Waals surface area contributed by atoms with Crippen LogP contribution in [-0.2, 0) is 9.84 Å². The average molecular weight is 629 g/mol. The Balaban J connectivity index is 0.00000134. The molecule has 0 saturated heterocycles. The maximum Gasteiger partial charge on any atom is 0.214 e. The zero-order valence-electron chi connectivity index (χ0n) is 24.3. The Morgan fingerprint density at radius 3 is 1.13 bits per heavy atom. The summed E-state index contributed by atoms with van der Waals surface area (Å²) in [5.74, 6) is 0.395. The molecule has 0 aromatic heterocycles. The molecule has 8 heteroatoms. The summed E-state index contributed by atoms with van der Waals surface area (Å²) in [5, 5.41) is 29.2. The lowest BCUT2D eigenvalue weighted by atomic mass is 10.0. The molecule has 0 amide bonds. The monoisotopic (exact) mass is 628 g/mol. The number of phenols is 2. The summed E-state index contributed by atoms with van der Waals surface area (Å²) >= 11 is 0. The van der Waals surface area contributed by atoms with Gasteiger partial charge in [0.2, 0.25) is 9.84 Å². The van der Waals surface area contributed by atoms with Crippen LogP contribution in [0.25, 0.3) is 22.3 Å². The molecule has 228 valence electrons. The van der Waals surface area contributed by atoms with E-state index in [0.29, 0.717) is 22.6 Å². The fourth-order valence-electron chi connectivity index (χ4n) is 4.83. The van der Waals surface area contributed by atoms with Crippen LogP contribution in [0, 0.1) is 12.5 Å². The second kappa shape index (κ2) is 14.1. The van der Waals surface area contributed by atoms with Crippen molar-refractivity contribution in [3.05, 3.63) is 146 Å². The predicted octanol–water partition coefficient (Wildman–Crippen LogP) is 8.80. The average Bonchev–Trinajstić information content (AvgIpc) is 3.07. The van der Waals surface area contributed by atoms with Crippen LogP contribution in [0.15, 0.2) is 155 Å². The highest BCUT2D eigenvalue weighted by Crippen LogP contribution is 2.50. The first-order chi connectivity index (χ1) is 22.3. The van der Waals surface area contributed by atoms with Gasteiger partial charge in [-0.2, -0.15) is 0 Å². The molecule has 6 aromatic rings. The van der Waals surface area contributed by atoms with Crippen molar-refractivity contribution in [3.63, 3.8) is 0 Å². The third-order valence-corrected chi connectivity index (χ3v) is 8.63. The van der Waals surface area contributed by atoms with Gasteiger partial charge >= 0.3 is 0 Å². The van der Waals surface area contributed by atoms with Crippen LogP contribution in [0.5, 0.6) is 34.5 Å². The van der Waals surface area contributed by atoms with Crippen LogP contribution in [0.2, 0.25) is 0 Å². The molecule has 3 N–H and O–H groups in total. The second-order valence-electron chi connectivity index (χ2n) is 9.77. The van der Waals surface area contributed by atoms with Gasteiger partial charge in [-0.3, -0.25) is 0 Å². The minimum Gasteiger partial charge on any atom is -0.507 e. The van der Waals surface area contributed by atoms with Crippen LogP contribution in [0.4, 0.5) is 0 Å². The van der Waals surface area contributed by atoms with E-state index in [1.54, 1.807) is 97.1 Å². The Bertz CT molecular complexity index is 1930. The molecule has 46 heavy (non-hydrogen) atoms. The van der Waals surface area contributed by atoms with E-state index >= 15 is 0 Å². The van der Waals surface area contributed by atoms with E-state index < -0.39 is 9.84 Å². The van der Waals surface area contributed by atoms with E-state index in [2.05, 4.69) is 6.42 Å². The van der Waals surface area contributed by atoms with Gasteiger partial charge < -0.3 is 24.8 Å². The Morgan fingerprint density at radius 1 is 0.500 bits per heavy atom. The fourth-order valence-corrected chi connectivity index (χ4v) is 6.34. The van der Waals surface area contributed by atoms with Crippen molar-refractivity contribution in [3.8, 4) is 69.3 Å². The van der Waals surface area contributed by atoms with Gasteiger partial charge in [0.25, 0.3) is 0 Å². The molecule has 0 fully saturated rings. The van der Waals surface area contributed by atoms with Gasteiger partial charge in [0.15, 0.2) is 11.5 Å². The molecule has 0 aliphatic heterocycles. The first kappa shape index (κ1) is 31.3. The molecule has 0 atom stereocenters. The van der Waals surface area contributed by atoms with Gasteiger partial charge in [-0.1, -0.05) is 103 Å². The Kier molecular flexibility index (Phi) is 9.57. The first-order valence-electron chi connectivity index (χ1n) is 14.0. The van der Waals surface area contributed by atoms with Crippen molar-refractivity contribution in [2.75, 3.05) is 0 Å². The highest BCUT2D eigenvalue weighted by Gasteiger charge is 2.32. The van der Waals surface area contributed by atoms with Crippen molar-refractivity contribution in [2.45, 2.75) is 9.79 Å². The maximum absolute atomic E-state index is 14.7. The van der Waals surface area contributed by atoms with Crippen LogP contribution < -0.4 is 9.47 Å². The topological polar surface area (TPSA) is 113 Å². The van der Waals surface area contributed by atoms with Crippen LogP contribution in [0.3, 0.4) is 0 Å². The van der Waals surface area contributed by atoms with E-state index in [1.165, 1.54) is 30.4 Å². The van der Waals surface area contributed by atoms with Gasteiger partial charge in [-0.25, -0.2) is 8.42 Å². The summed E-state index contributed by atoms with van der Waals surface area (Å²) in [7, 11) is -4.41. The smallest absolute Gasteiger partial charge is 0.214 e. The summed E-state index contributed by atoms with van der Waals surface area (Å²) in [6.07, 6.45) is 5.40. The van der Waals surface area contributed by atoms with Crippen molar-refractivity contribution in [2.24, 2.45) is 0 Å². The third kappa shape index (κ3) is 6.65. The summed E-state index contributed by atoms with van der Waals surface area (Å²) in [4.78, 5) is -0.369. The SMILES string of the molecule is C#CO.O=S(=O)(c1ccc(O)c(-c2ccccc2)c1Oc1ccccc1)c1ccc(O)c(-c2ccccc2)c1Oc1ccccc1. The zero-order chi connectivity index (χ0) is 32.5. The van der Waals surface area contributed by atoms with E-state index in [-0.39, 0.29) is 43.9 Å². The van der Waals surface area contributed by atoms with E-state index in [0.717, 1.165) is 0 Å². The second-order valence-corrected chi connectivity index (χ2v) is 11.7. The number of ether oxygens (including phenoxy) is 2.